The Bertz CT molecular complexity index is 359. The Morgan fingerprint density at radius 3 is 2.81 bits per heavy atom. The van der Waals surface area contributed by atoms with E-state index in [0.29, 0.717) is 17.4 Å². The molecule has 0 aromatic heterocycles. The zero-order valence-electron chi connectivity index (χ0n) is 9.23. The number of para-hydroxylation sites is 1. The van der Waals surface area contributed by atoms with E-state index < -0.39 is 0 Å². The molecule has 4 heteroatoms. The molecular formula is C12H16ClNO2. The van der Waals surface area contributed by atoms with Gasteiger partial charge in [0.1, 0.15) is 18.0 Å². The number of benzene rings is 1. The summed E-state index contributed by atoms with van der Waals surface area (Å²) in [6.07, 6.45) is 0.826. The van der Waals surface area contributed by atoms with Crippen LogP contribution in [0.1, 0.15) is 13.3 Å². The van der Waals surface area contributed by atoms with Gasteiger partial charge in [-0.2, -0.15) is 0 Å². The van der Waals surface area contributed by atoms with Gasteiger partial charge < -0.3 is 15.2 Å². The average Bonchev–Trinajstić information content (AvgIpc) is 2.28. The van der Waals surface area contributed by atoms with Crippen molar-refractivity contribution in [1.29, 1.82) is 0 Å². The van der Waals surface area contributed by atoms with E-state index in [-0.39, 0.29) is 18.2 Å². The summed E-state index contributed by atoms with van der Waals surface area (Å²) < 4.78 is 11.3. The van der Waals surface area contributed by atoms with E-state index in [1.165, 1.54) is 0 Å². The van der Waals surface area contributed by atoms with Crippen molar-refractivity contribution >= 4 is 11.6 Å². The summed E-state index contributed by atoms with van der Waals surface area (Å²) >= 11 is 6.01. The standard InChI is InChI=1S/C12H16ClNO2/c1-2-15-12-9(14)7-11(12)16-10-6-4-3-5-8(10)13/h3-6,9,11-12H,2,7,14H2,1H3. The van der Waals surface area contributed by atoms with Gasteiger partial charge in [0.05, 0.1) is 5.02 Å². The normalized spacial score (nSPS) is 28.6. The highest BCUT2D eigenvalue weighted by Crippen LogP contribution is 2.31. The predicted octanol–water partition coefficient (Wildman–Crippen LogP) is 2.22. The van der Waals surface area contributed by atoms with Crippen molar-refractivity contribution in [3.8, 4) is 5.75 Å². The van der Waals surface area contributed by atoms with E-state index in [2.05, 4.69) is 0 Å². The van der Waals surface area contributed by atoms with Gasteiger partial charge >= 0.3 is 0 Å². The first-order chi connectivity index (χ1) is 7.72. The van der Waals surface area contributed by atoms with Crippen LogP contribution in [0.15, 0.2) is 24.3 Å². The maximum atomic E-state index is 6.01. The Morgan fingerprint density at radius 1 is 1.44 bits per heavy atom. The van der Waals surface area contributed by atoms with E-state index in [9.17, 15) is 0 Å². The maximum absolute atomic E-state index is 6.01. The minimum Gasteiger partial charge on any atom is -0.486 e. The third kappa shape index (κ3) is 2.32. The molecule has 3 atom stereocenters. The third-order valence-corrected chi connectivity index (χ3v) is 3.08. The molecule has 0 spiro atoms. The summed E-state index contributed by atoms with van der Waals surface area (Å²) in [6, 6.07) is 7.52. The van der Waals surface area contributed by atoms with Crippen molar-refractivity contribution in [2.45, 2.75) is 31.6 Å². The molecule has 0 saturated heterocycles. The molecule has 1 aliphatic carbocycles. The van der Waals surface area contributed by atoms with Crippen LogP contribution in [0.25, 0.3) is 0 Å². The molecule has 0 amide bonds. The number of ether oxygens (including phenoxy) is 2. The molecule has 2 N–H and O–H groups in total. The van der Waals surface area contributed by atoms with E-state index in [4.69, 9.17) is 26.8 Å². The largest absolute Gasteiger partial charge is 0.486 e. The molecule has 0 heterocycles. The van der Waals surface area contributed by atoms with E-state index in [1.54, 1.807) is 0 Å². The van der Waals surface area contributed by atoms with Crippen LogP contribution in [0.3, 0.4) is 0 Å². The fourth-order valence-electron chi connectivity index (χ4n) is 1.86. The number of hydrogen-bond donors (Lipinski definition) is 1. The minimum absolute atomic E-state index is 0.0127. The summed E-state index contributed by atoms with van der Waals surface area (Å²) in [5, 5.41) is 0.623. The highest BCUT2D eigenvalue weighted by atomic mass is 35.5. The van der Waals surface area contributed by atoms with Gasteiger partial charge in [0.25, 0.3) is 0 Å². The molecule has 0 radical (unpaired) electrons. The second-order valence-electron chi connectivity index (χ2n) is 3.91. The van der Waals surface area contributed by atoms with Gasteiger partial charge in [-0.3, -0.25) is 0 Å². The topological polar surface area (TPSA) is 44.5 Å². The van der Waals surface area contributed by atoms with Gasteiger partial charge in [0.2, 0.25) is 0 Å². The van der Waals surface area contributed by atoms with Crippen molar-refractivity contribution < 1.29 is 9.47 Å². The monoisotopic (exact) mass is 241 g/mol. The molecule has 1 saturated carbocycles. The van der Waals surface area contributed by atoms with Crippen molar-refractivity contribution in [3.63, 3.8) is 0 Å². The second kappa shape index (κ2) is 5.04. The minimum atomic E-state index is -0.0127. The van der Waals surface area contributed by atoms with E-state index in [1.807, 2.05) is 31.2 Å². The van der Waals surface area contributed by atoms with Crippen LogP contribution >= 0.6 is 11.6 Å². The lowest BCUT2D eigenvalue weighted by Crippen LogP contribution is -2.59. The summed E-state index contributed by atoms with van der Waals surface area (Å²) in [5.41, 5.74) is 5.85. The SMILES string of the molecule is CCOC1C(N)CC1Oc1ccccc1Cl. The molecule has 0 aliphatic heterocycles. The fourth-order valence-corrected chi connectivity index (χ4v) is 2.04. The van der Waals surface area contributed by atoms with Gasteiger partial charge in [-0.15, -0.1) is 0 Å². The first-order valence-corrected chi connectivity index (χ1v) is 5.88. The van der Waals surface area contributed by atoms with Gasteiger partial charge in [0.15, 0.2) is 0 Å². The predicted molar refractivity (Wildman–Crippen MR) is 63.9 cm³/mol. The number of hydrogen-bond acceptors (Lipinski definition) is 3. The third-order valence-electron chi connectivity index (χ3n) is 2.77. The Balaban J connectivity index is 1.98. The van der Waals surface area contributed by atoms with Crippen LogP contribution in [0.4, 0.5) is 0 Å². The number of halogens is 1. The average molecular weight is 242 g/mol. The molecule has 1 fully saturated rings. The van der Waals surface area contributed by atoms with Crippen molar-refractivity contribution in [2.24, 2.45) is 5.73 Å². The summed E-state index contributed by atoms with van der Waals surface area (Å²) in [4.78, 5) is 0. The molecule has 2 rings (SSSR count). The fraction of sp³-hybridized carbons (Fsp3) is 0.500. The van der Waals surface area contributed by atoms with Crippen LogP contribution in [0.2, 0.25) is 5.02 Å². The second-order valence-corrected chi connectivity index (χ2v) is 4.31. The quantitative estimate of drug-likeness (QED) is 0.879. The van der Waals surface area contributed by atoms with Gasteiger partial charge in [-0.05, 0) is 19.1 Å². The Morgan fingerprint density at radius 2 is 2.19 bits per heavy atom. The van der Waals surface area contributed by atoms with Crippen LogP contribution in [-0.2, 0) is 4.74 Å². The first kappa shape index (κ1) is 11.7. The van der Waals surface area contributed by atoms with E-state index in [0.717, 1.165) is 6.42 Å². The Labute approximate surface area is 100 Å². The molecule has 16 heavy (non-hydrogen) atoms. The van der Waals surface area contributed by atoms with Gasteiger partial charge in [0, 0.05) is 19.1 Å². The van der Waals surface area contributed by atoms with Gasteiger partial charge in [-0.25, -0.2) is 0 Å². The highest BCUT2D eigenvalue weighted by molar-refractivity contribution is 6.32. The lowest BCUT2D eigenvalue weighted by atomic mass is 9.86. The van der Waals surface area contributed by atoms with Crippen molar-refractivity contribution in [3.05, 3.63) is 29.3 Å². The van der Waals surface area contributed by atoms with Crippen LogP contribution < -0.4 is 10.5 Å². The summed E-state index contributed by atoms with van der Waals surface area (Å²) in [5.74, 6) is 0.700. The zero-order chi connectivity index (χ0) is 11.5. The van der Waals surface area contributed by atoms with Crippen LogP contribution in [0.5, 0.6) is 5.75 Å². The van der Waals surface area contributed by atoms with Crippen molar-refractivity contribution in [1.82, 2.24) is 0 Å². The molecule has 1 aliphatic rings. The first-order valence-electron chi connectivity index (χ1n) is 5.50. The number of rotatable bonds is 4. The lowest BCUT2D eigenvalue weighted by Gasteiger charge is -2.41. The summed E-state index contributed by atoms with van der Waals surface area (Å²) in [7, 11) is 0. The molecule has 1 aromatic rings. The Kier molecular flexibility index (Phi) is 3.69. The molecule has 88 valence electrons. The lowest BCUT2D eigenvalue weighted by molar-refractivity contribution is -0.0945. The number of nitrogens with two attached hydrogens (primary N) is 1. The van der Waals surface area contributed by atoms with Crippen LogP contribution in [0, 0.1) is 0 Å². The maximum Gasteiger partial charge on any atom is 0.138 e. The van der Waals surface area contributed by atoms with Crippen molar-refractivity contribution in [2.75, 3.05) is 6.61 Å². The zero-order valence-corrected chi connectivity index (χ0v) is 9.98. The molecule has 0 bridgehead atoms. The molecule has 3 nitrogen and oxygen atoms in total. The van der Waals surface area contributed by atoms with Crippen LogP contribution in [-0.4, -0.2) is 24.9 Å². The van der Waals surface area contributed by atoms with Gasteiger partial charge in [-0.1, -0.05) is 23.7 Å². The highest BCUT2D eigenvalue weighted by Gasteiger charge is 2.41. The molecule has 1 aromatic carbocycles. The Hall–Kier alpha value is -0.770. The smallest absolute Gasteiger partial charge is 0.138 e. The molecular weight excluding hydrogens is 226 g/mol. The molecule has 3 unspecified atom stereocenters. The van der Waals surface area contributed by atoms with E-state index >= 15 is 0 Å². The summed E-state index contributed by atoms with van der Waals surface area (Å²) in [6.45, 7) is 2.61.